The second kappa shape index (κ2) is 7.10. The fourth-order valence-electron chi connectivity index (χ4n) is 2.42. The molecule has 1 aliphatic heterocycles. The van der Waals surface area contributed by atoms with Crippen molar-refractivity contribution in [3.63, 3.8) is 0 Å². The number of amides is 2. The minimum absolute atomic E-state index is 0.261. The second-order valence-corrected chi connectivity index (χ2v) is 5.40. The third-order valence-corrected chi connectivity index (χ3v) is 3.77. The normalized spacial score (nSPS) is 14.2. The van der Waals surface area contributed by atoms with Gasteiger partial charge in [-0.05, 0) is 36.4 Å². The summed E-state index contributed by atoms with van der Waals surface area (Å²) in [5.74, 6) is 0.0688. The van der Waals surface area contributed by atoms with E-state index in [4.69, 9.17) is 10.5 Å². The molecule has 0 radical (unpaired) electrons. The largest absolute Gasteiger partial charge is 0.378 e. The first-order valence-electron chi connectivity index (χ1n) is 7.63. The van der Waals surface area contributed by atoms with Crippen LogP contribution in [0.1, 0.15) is 20.7 Å². The van der Waals surface area contributed by atoms with E-state index in [0.717, 1.165) is 18.9 Å². The monoisotopic (exact) mass is 326 g/mol. The van der Waals surface area contributed by atoms with Gasteiger partial charge in [-0.1, -0.05) is 0 Å². The van der Waals surface area contributed by atoms with Crippen LogP contribution in [0.5, 0.6) is 0 Å². The highest BCUT2D eigenvalue weighted by Gasteiger charge is 2.13. The summed E-state index contributed by atoms with van der Waals surface area (Å²) in [5, 5.41) is 2.76. The van der Waals surface area contributed by atoms with Crippen molar-refractivity contribution in [3.8, 4) is 0 Å². The number of rotatable bonds is 4. The molecule has 124 valence electrons. The van der Waals surface area contributed by atoms with Crippen molar-refractivity contribution in [2.24, 2.45) is 5.73 Å². The quantitative estimate of drug-likeness (QED) is 0.882. The number of nitrogens with one attached hydrogen (secondary N) is 1. The molecular weight excluding hydrogens is 308 g/mol. The van der Waals surface area contributed by atoms with E-state index in [1.54, 1.807) is 36.5 Å². The van der Waals surface area contributed by atoms with E-state index in [2.05, 4.69) is 15.2 Å². The number of pyridine rings is 1. The number of benzene rings is 1. The number of nitrogens with two attached hydrogens (primary N) is 1. The second-order valence-electron chi connectivity index (χ2n) is 5.40. The lowest BCUT2D eigenvalue weighted by molar-refractivity contribution is 0.0998. The Morgan fingerprint density at radius 2 is 1.71 bits per heavy atom. The average Bonchev–Trinajstić information content (AvgIpc) is 2.63. The predicted octanol–water partition coefficient (Wildman–Crippen LogP) is 1.27. The minimum atomic E-state index is -0.504. The van der Waals surface area contributed by atoms with Crippen LogP contribution in [-0.2, 0) is 4.74 Å². The number of hydrogen-bond donors (Lipinski definition) is 2. The zero-order chi connectivity index (χ0) is 16.9. The van der Waals surface area contributed by atoms with Crippen LogP contribution in [-0.4, -0.2) is 43.1 Å². The van der Waals surface area contributed by atoms with E-state index in [0.29, 0.717) is 30.0 Å². The topological polar surface area (TPSA) is 97.5 Å². The van der Waals surface area contributed by atoms with E-state index in [9.17, 15) is 9.59 Å². The first-order valence-corrected chi connectivity index (χ1v) is 7.63. The zero-order valence-electron chi connectivity index (χ0n) is 13.1. The molecule has 1 saturated heterocycles. The first kappa shape index (κ1) is 15.9. The Hall–Kier alpha value is -2.93. The Morgan fingerprint density at radius 1 is 1.04 bits per heavy atom. The van der Waals surface area contributed by atoms with Crippen molar-refractivity contribution in [1.29, 1.82) is 0 Å². The lowest BCUT2D eigenvalue weighted by atomic mass is 10.2. The van der Waals surface area contributed by atoms with Gasteiger partial charge in [0, 0.05) is 30.5 Å². The zero-order valence-corrected chi connectivity index (χ0v) is 13.1. The SMILES string of the molecule is NC(=O)c1ccc(NC(=O)c2ccc(N3CCOCC3)nc2)cc1. The van der Waals surface area contributed by atoms with Gasteiger partial charge >= 0.3 is 0 Å². The van der Waals surface area contributed by atoms with E-state index in [-0.39, 0.29) is 5.91 Å². The standard InChI is InChI=1S/C17H18N4O3/c18-16(22)12-1-4-14(5-2-12)20-17(23)13-3-6-15(19-11-13)21-7-9-24-10-8-21/h1-6,11H,7-10H2,(H2,18,22)(H,20,23). The van der Waals surface area contributed by atoms with Crippen LogP contribution in [0.25, 0.3) is 0 Å². The summed E-state index contributed by atoms with van der Waals surface area (Å²) in [6.45, 7) is 2.96. The number of anilines is 2. The van der Waals surface area contributed by atoms with Crippen LogP contribution in [0.2, 0.25) is 0 Å². The van der Waals surface area contributed by atoms with E-state index >= 15 is 0 Å². The molecule has 1 aliphatic rings. The van der Waals surface area contributed by atoms with Crippen molar-refractivity contribution in [2.75, 3.05) is 36.5 Å². The van der Waals surface area contributed by atoms with Gasteiger partial charge in [-0.2, -0.15) is 0 Å². The molecule has 0 unspecified atom stereocenters. The molecule has 0 aliphatic carbocycles. The smallest absolute Gasteiger partial charge is 0.257 e. The molecule has 24 heavy (non-hydrogen) atoms. The molecule has 2 aromatic rings. The maximum atomic E-state index is 12.2. The maximum Gasteiger partial charge on any atom is 0.257 e. The molecule has 1 aromatic carbocycles. The van der Waals surface area contributed by atoms with Gasteiger partial charge in [-0.25, -0.2) is 4.98 Å². The molecule has 2 heterocycles. The molecule has 7 heteroatoms. The number of nitrogens with zero attached hydrogens (tertiary/aromatic N) is 2. The highest BCUT2D eigenvalue weighted by atomic mass is 16.5. The van der Waals surface area contributed by atoms with Crippen LogP contribution < -0.4 is 16.0 Å². The molecule has 7 nitrogen and oxygen atoms in total. The number of primary amides is 1. The molecule has 1 fully saturated rings. The summed E-state index contributed by atoms with van der Waals surface area (Å²) in [6, 6.07) is 9.97. The Labute approximate surface area is 139 Å². The molecule has 2 amide bonds. The molecule has 0 bridgehead atoms. The third kappa shape index (κ3) is 3.69. The summed E-state index contributed by atoms with van der Waals surface area (Å²) in [6.07, 6.45) is 1.55. The number of morpholine rings is 1. The fourth-order valence-corrected chi connectivity index (χ4v) is 2.42. The van der Waals surface area contributed by atoms with Gasteiger partial charge in [-0.15, -0.1) is 0 Å². The van der Waals surface area contributed by atoms with Crippen LogP contribution in [0.4, 0.5) is 11.5 Å². The van der Waals surface area contributed by atoms with E-state index in [1.165, 1.54) is 0 Å². The van der Waals surface area contributed by atoms with Crippen molar-refractivity contribution in [2.45, 2.75) is 0 Å². The predicted molar refractivity (Wildman–Crippen MR) is 90.2 cm³/mol. The third-order valence-electron chi connectivity index (χ3n) is 3.77. The summed E-state index contributed by atoms with van der Waals surface area (Å²) in [4.78, 5) is 29.7. The molecule has 3 rings (SSSR count). The molecule has 1 aromatic heterocycles. The van der Waals surface area contributed by atoms with Gasteiger partial charge in [-0.3, -0.25) is 9.59 Å². The van der Waals surface area contributed by atoms with Gasteiger partial charge in [0.05, 0.1) is 18.8 Å². The lowest BCUT2D eigenvalue weighted by Crippen LogP contribution is -2.36. The Balaban J connectivity index is 1.65. The van der Waals surface area contributed by atoms with Crippen LogP contribution in [0.15, 0.2) is 42.6 Å². The van der Waals surface area contributed by atoms with Gasteiger partial charge in [0.25, 0.3) is 5.91 Å². The number of hydrogen-bond acceptors (Lipinski definition) is 5. The van der Waals surface area contributed by atoms with Gasteiger partial charge in [0.1, 0.15) is 5.82 Å². The minimum Gasteiger partial charge on any atom is -0.378 e. The van der Waals surface area contributed by atoms with E-state index < -0.39 is 5.91 Å². The van der Waals surface area contributed by atoms with Gasteiger partial charge in [0.2, 0.25) is 5.91 Å². The maximum absolute atomic E-state index is 12.2. The average molecular weight is 326 g/mol. The number of carbonyl (C=O) groups excluding carboxylic acids is 2. The van der Waals surface area contributed by atoms with Crippen molar-refractivity contribution < 1.29 is 14.3 Å². The van der Waals surface area contributed by atoms with Crippen molar-refractivity contribution in [3.05, 3.63) is 53.7 Å². The highest BCUT2D eigenvalue weighted by molar-refractivity contribution is 6.04. The van der Waals surface area contributed by atoms with Gasteiger partial charge < -0.3 is 20.7 Å². The van der Waals surface area contributed by atoms with Crippen molar-refractivity contribution >= 4 is 23.3 Å². The summed E-state index contributed by atoms with van der Waals surface area (Å²) < 4.78 is 5.31. The Morgan fingerprint density at radius 3 is 2.29 bits per heavy atom. The Bertz CT molecular complexity index is 723. The summed E-state index contributed by atoms with van der Waals surface area (Å²) >= 11 is 0. The van der Waals surface area contributed by atoms with E-state index in [1.807, 2.05) is 6.07 Å². The number of ether oxygens (including phenoxy) is 1. The number of carbonyl (C=O) groups is 2. The summed E-state index contributed by atoms with van der Waals surface area (Å²) in [7, 11) is 0. The highest BCUT2D eigenvalue weighted by Crippen LogP contribution is 2.15. The van der Waals surface area contributed by atoms with Crippen LogP contribution in [0, 0.1) is 0 Å². The van der Waals surface area contributed by atoms with Crippen molar-refractivity contribution in [1.82, 2.24) is 4.98 Å². The lowest BCUT2D eigenvalue weighted by Gasteiger charge is -2.27. The molecule has 0 saturated carbocycles. The molecule has 0 spiro atoms. The summed E-state index contributed by atoms with van der Waals surface area (Å²) in [5.41, 5.74) is 6.63. The number of aromatic nitrogens is 1. The fraction of sp³-hybridized carbons (Fsp3) is 0.235. The van der Waals surface area contributed by atoms with Crippen LogP contribution in [0.3, 0.4) is 0 Å². The molecular formula is C17H18N4O3. The van der Waals surface area contributed by atoms with Crippen LogP contribution >= 0.6 is 0 Å². The Kier molecular flexibility index (Phi) is 4.72. The van der Waals surface area contributed by atoms with Gasteiger partial charge in [0.15, 0.2) is 0 Å². The molecule has 0 atom stereocenters. The molecule has 3 N–H and O–H groups in total. The first-order chi connectivity index (χ1) is 11.6.